The largest absolute Gasteiger partial charge is 0.478 e. The number of carboxylic acid groups (broad SMARTS) is 2. The molecule has 324 valence electrons. The molecule has 0 radical (unpaired) electrons. The van der Waals surface area contributed by atoms with Gasteiger partial charge in [-0.2, -0.15) is 38.1 Å². The third-order valence-electron chi connectivity index (χ3n) is 8.60. The Kier molecular flexibility index (Phi) is 18.8. The topological polar surface area (TPSA) is 192 Å². The third-order valence-corrected chi connectivity index (χ3v) is 9.54. The Morgan fingerprint density at radius 3 is 1.17 bits per heavy atom. The first-order chi connectivity index (χ1) is 27.6. The van der Waals surface area contributed by atoms with Crippen molar-refractivity contribution in [3.63, 3.8) is 0 Å². The first kappa shape index (κ1) is 49.9. The number of rotatable bonds is 12. The number of aliphatic hydroxyl groups is 2. The second-order valence-electron chi connectivity index (χ2n) is 12.6. The lowest BCUT2D eigenvalue weighted by molar-refractivity contribution is -0.141. The number of benzene rings is 2. The van der Waals surface area contributed by atoms with Crippen molar-refractivity contribution in [1.29, 1.82) is 0 Å². The summed E-state index contributed by atoms with van der Waals surface area (Å²) in [5, 5.41) is 41.1. The maximum atomic E-state index is 13.5. The van der Waals surface area contributed by atoms with Crippen LogP contribution in [0.5, 0.6) is 0 Å². The van der Waals surface area contributed by atoms with Gasteiger partial charge >= 0.3 is 36.2 Å². The highest BCUT2D eigenvalue weighted by Crippen LogP contribution is 2.45. The molecule has 2 aromatic rings. The van der Waals surface area contributed by atoms with Gasteiger partial charge in [-0.05, 0) is 64.8 Å². The van der Waals surface area contributed by atoms with Crippen LogP contribution in [-0.4, -0.2) is 82.2 Å². The van der Waals surface area contributed by atoms with E-state index in [2.05, 4.69) is 10.6 Å². The molecule has 2 unspecified atom stereocenters. The van der Waals surface area contributed by atoms with Gasteiger partial charge in [0.05, 0.1) is 71.7 Å². The van der Waals surface area contributed by atoms with Crippen LogP contribution in [0.25, 0.3) is 0 Å². The van der Waals surface area contributed by atoms with Crippen LogP contribution in [0.4, 0.5) is 26.3 Å². The van der Waals surface area contributed by atoms with E-state index in [-0.39, 0.29) is 82.6 Å². The van der Waals surface area contributed by atoms with E-state index < -0.39 is 59.2 Å². The number of thioether (sulfide) groups is 1. The van der Waals surface area contributed by atoms with E-state index in [0.717, 1.165) is 23.6 Å². The summed E-state index contributed by atoms with van der Waals surface area (Å²) in [5.41, 5.74) is -2.68. The van der Waals surface area contributed by atoms with Crippen LogP contribution in [0.15, 0.2) is 93.6 Å². The predicted molar refractivity (Wildman–Crippen MR) is 205 cm³/mol. The van der Waals surface area contributed by atoms with Gasteiger partial charge in [0.2, 0.25) is 0 Å². The molecule has 2 aliphatic heterocycles. The van der Waals surface area contributed by atoms with Crippen LogP contribution in [0, 0.1) is 0 Å². The number of hydrogen-bond donors (Lipinski definition) is 6. The minimum absolute atomic E-state index is 0.00829. The van der Waals surface area contributed by atoms with Crippen molar-refractivity contribution in [3.05, 3.63) is 116 Å². The summed E-state index contributed by atoms with van der Waals surface area (Å²) < 4.78 is 90.9. The fraction of sp³-hybridized carbons (Fsp3) is 0.400. The van der Waals surface area contributed by atoms with Gasteiger partial charge in [-0.25, -0.2) is 19.2 Å². The highest BCUT2D eigenvalue weighted by atomic mass is 32.2. The number of hydrogen-bond acceptors (Lipinski definition) is 11. The number of carbonyl (C=O) groups is 4. The second kappa shape index (κ2) is 22.2. The van der Waals surface area contributed by atoms with Gasteiger partial charge in [0.25, 0.3) is 0 Å². The molecule has 0 fully saturated rings. The van der Waals surface area contributed by atoms with E-state index in [1.807, 2.05) is 0 Å². The van der Waals surface area contributed by atoms with Crippen LogP contribution in [0.1, 0.15) is 75.6 Å². The normalized spacial score (nSPS) is 16.8. The number of alkyl halides is 6. The van der Waals surface area contributed by atoms with Gasteiger partial charge in [0.15, 0.2) is 0 Å². The zero-order valence-corrected chi connectivity index (χ0v) is 33.7. The highest BCUT2D eigenvalue weighted by Gasteiger charge is 2.44. The van der Waals surface area contributed by atoms with Crippen molar-refractivity contribution in [2.45, 2.75) is 65.7 Å². The van der Waals surface area contributed by atoms with E-state index in [1.54, 1.807) is 25.6 Å². The van der Waals surface area contributed by atoms with E-state index in [0.29, 0.717) is 0 Å². The number of halogens is 6. The lowest BCUT2D eigenvalue weighted by atomic mass is 9.78. The van der Waals surface area contributed by atoms with Gasteiger partial charge in [-0.15, -0.1) is 0 Å². The number of ether oxygens (including phenoxy) is 2. The van der Waals surface area contributed by atoms with E-state index >= 15 is 0 Å². The first-order valence-corrected chi connectivity index (χ1v) is 19.0. The highest BCUT2D eigenvalue weighted by molar-refractivity contribution is 7.99. The van der Waals surface area contributed by atoms with Crippen LogP contribution in [-0.2, 0) is 41.0 Å². The number of aliphatic hydroxyl groups excluding tert-OH is 2. The lowest BCUT2D eigenvalue weighted by Crippen LogP contribution is -2.32. The molecule has 0 amide bonds. The fourth-order valence-corrected chi connectivity index (χ4v) is 6.84. The van der Waals surface area contributed by atoms with Crippen LogP contribution in [0.2, 0.25) is 0 Å². The number of allylic oxidation sites excluding steroid dienone is 4. The van der Waals surface area contributed by atoms with Crippen molar-refractivity contribution in [2.75, 3.05) is 37.9 Å². The lowest BCUT2D eigenvalue weighted by Gasteiger charge is -2.31. The molecule has 2 heterocycles. The summed E-state index contributed by atoms with van der Waals surface area (Å²) in [6.45, 7) is 9.44. The Balaban J connectivity index is 0.000000350. The maximum Gasteiger partial charge on any atom is 0.416 e. The van der Waals surface area contributed by atoms with E-state index in [4.69, 9.17) is 19.7 Å². The Morgan fingerprint density at radius 2 is 0.898 bits per heavy atom. The Morgan fingerprint density at radius 1 is 0.593 bits per heavy atom. The third kappa shape index (κ3) is 12.9. The molecule has 2 aliphatic rings. The smallest absolute Gasteiger partial charge is 0.416 e. The summed E-state index contributed by atoms with van der Waals surface area (Å²) in [6, 6.07) is 9.27. The van der Waals surface area contributed by atoms with E-state index in [1.165, 1.54) is 64.1 Å². The van der Waals surface area contributed by atoms with Crippen LogP contribution < -0.4 is 10.6 Å². The standard InChI is InChI=1S/2C18H18F3NO4.C4H10O2S/c2*1-4-26-17(25)14-10(3)22-9(2)13(16(23)24)15(14)11-7-5-6-8-12(11)18(19,20)21;5-1-3-7-4-2-6/h2*5-8,15,22H,4H2,1-3H3,(H,23,24);5-6H,1-4H2. The molecule has 0 bridgehead atoms. The molecular weight excluding hydrogens is 814 g/mol. The first-order valence-electron chi connectivity index (χ1n) is 17.9. The number of carbonyl (C=O) groups excluding carboxylic acids is 2. The molecule has 0 saturated heterocycles. The molecule has 0 aromatic heterocycles. The van der Waals surface area contributed by atoms with Gasteiger partial charge in [0, 0.05) is 34.3 Å². The Hall–Kier alpha value is -5.27. The molecular formula is C40H46F6N2O10S. The predicted octanol–water partition coefficient (Wildman–Crippen LogP) is 6.88. The van der Waals surface area contributed by atoms with Gasteiger partial charge < -0.3 is 40.5 Å². The molecule has 2 atom stereocenters. The van der Waals surface area contributed by atoms with Crippen LogP contribution >= 0.6 is 11.8 Å². The Bertz CT molecular complexity index is 1850. The maximum absolute atomic E-state index is 13.5. The number of dihydropyridines is 2. The van der Waals surface area contributed by atoms with E-state index in [9.17, 15) is 55.7 Å². The van der Waals surface area contributed by atoms with Crippen molar-refractivity contribution >= 4 is 35.6 Å². The number of aliphatic carboxylic acids is 2. The van der Waals surface area contributed by atoms with Gasteiger partial charge in [-0.3, -0.25) is 0 Å². The number of esters is 2. The summed E-state index contributed by atoms with van der Waals surface area (Å²) in [6.07, 6.45) is -9.40. The van der Waals surface area contributed by atoms with Gasteiger partial charge in [0.1, 0.15) is 0 Å². The van der Waals surface area contributed by atoms with Crippen molar-refractivity contribution in [3.8, 4) is 0 Å². The quantitative estimate of drug-likeness (QED) is 0.0737. The molecule has 0 spiro atoms. The molecule has 2 aromatic carbocycles. The van der Waals surface area contributed by atoms with Crippen LogP contribution in [0.3, 0.4) is 0 Å². The molecule has 59 heavy (non-hydrogen) atoms. The average molecular weight is 861 g/mol. The zero-order chi connectivity index (χ0) is 44.8. The summed E-state index contributed by atoms with van der Waals surface area (Å²) in [4.78, 5) is 48.4. The molecule has 12 nitrogen and oxygen atoms in total. The average Bonchev–Trinajstić information content (AvgIpc) is 3.14. The number of nitrogens with one attached hydrogen (secondary N) is 2. The zero-order valence-electron chi connectivity index (χ0n) is 32.9. The SMILES string of the molecule is CCOC(=O)C1=C(C)NC(C)=C(C(=O)O)C1c1ccccc1C(F)(F)F.CCOC(=O)C1=C(C)NC(C)=C(C(=O)O)C1c1ccccc1C(F)(F)F.OCCSCCO. The van der Waals surface area contributed by atoms with Gasteiger partial charge in [-0.1, -0.05) is 36.4 Å². The molecule has 4 rings (SSSR count). The molecule has 6 N–H and O–H groups in total. The molecule has 19 heteroatoms. The summed E-state index contributed by atoms with van der Waals surface area (Å²) in [5.74, 6) is -5.86. The molecule has 0 aliphatic carbocycles. The minimum Gasteiger partial charge on any atom is -0.478 e. The fourth-order valence-electron chi connectivity index (χ4n) is 6.38. The number of carboxylic acids is 2. The monoisotopic (exact) mass is 860 g/mol. The molecule has 0 saturated carbocycles. The second-order valence-corrected chi connectivity index (χ2v) is 13.8. The Labute approximate surface area is 340 Å². The summed E-state index contributed by atoms with van der Waals surface area (Å²) >= 11 is 1.55. The van der Waals surface area contributed by atoms with Crippen molar-refractivity contribution < 1.29 is 75.4 Å². The summed E-state index contributed by atoms with van der Waals surface area (Å²) in [7, 11) is 0. The van der Waals surface area contributed by atoms with Crippen molar-refractivity contribution in [1.82, 2.24) is 10.6 Å². The van der Waals surface area contributed by atoms with Crippen molar-refractivity contribution in [2.24, 2.45) is 0 Å². The minimum atomic E-state index is -4.70.